The number of rotatable bonds is 6. The second-order valence-corrected chi connectivity index (χ2v) is 6.41. The molecule has 0 saturated heterocycles. The summed E-state index contributed by atoms with van der Waals surface area (Å²) >= 11 is 1.71. The van der Waals surface area contributed by atoms with E-state index in [-0.39, 0.29) is 11.2 Å². The smallest absolute Gasteiger partial charge is 0.325 e. The maximum absolute atomic E-state index is 11.8. The van der Waals surface area contributed by atoms with Gasteiger partial charge in [-0.05, 0) is 33.4 Å². The van der Waals surface area contributed by atoms with Gasteiger partial charge in [-0.3, -0.25) is 9.48 Å². The maximum atomic E-state index is 11.8. The number of nitrogens with one attached hydrogen (secondary N) is 1. The quantitative estimate of drug-likeness (QED) is 0.637. The van der Waals surface area contributed by atoms with Gasteiger partial charge < -0.3 is 10.1 Å². The van der Waals surface area contributed by atoms with Crippen molar-refractivity contribution in [2.75, 3.05) is 14.2 Å². The number of ether oxygens (including phenoxy) is 1. The molecule has 6 heteroatoms. The van der Waals surface area contributed by atoms with E-state index >= 15 is 0 Å². The summed E-state index contributed by atoms with van der Waals surface area (Å²) in [6.07, 6.45) is 0.686. The fraction of sp³-hybridized carbons (Fsp3) is 0.692. The van der Waals surface area contributed by atoms with E-state index < -0.39 is 5.54 Å². The second kappa shape index (κ2) is 6.43. The lowest BCUT2D eigenvalue weighted by Crippen LogP contribution is -2.49. The Bertz CT molecular complexity index is 447. The Kier molecular flexibility index (Phi) is 5.43. The number of aromatic nitrogens is 2. The number of aryl methyl sites for hydroxylation is 2. The molecule has 108 valence electrons. The maximum Gasteiger partial charge on any atom is 0.325 e. The Morgan fingerprint density at radius 2 is 2.32 bits per heavy atom. The number of carbonyl (C=O) groups is 1. The average Bonchev–Trinajstić information content (AvgIpc) is 2.66. The van der Waals surface area contributed by atoms with Crippen molar-refractivity contribution in [2.24, 2.45) is 7.05 Å². The van der Waals surface area contributed by atoms with Gasteiger partial charge in [0.1, 0.15) is 5.54 Å². The molecule has 0 saturated carbocycles. The van der Waals surface area contributed by atoms with Crippen LogP contribution in [0.4, 0.5) is 0 Å². The largest absolute Gasteiger partial charge is 0.468 e. The van der Waals surface area contributed by atoms with Crippen LogP contribution in [0.2, 0.25) is 0 Å². The predicted octanol–water partition coefficient (Wildman–Crippen LogP) is 1.75. The van der Waals surface area contributed by atoms with Crippen LogP contribution in [0.25, 0.3) is 0 Å². The van der Waals surface area contributed by atoms with Gasteiger partial charge in [-0.2, -0.15) is 5.10 Å². The van der Waals surface area contributed by atoms with Gasteiger partial charge in [0.15, 0.2) is 0 Å². The molecule has 1 heterocycles. The molecule has 0 aliphatic heterocycles. The lowest BCUT2D eigenvalue weighted by molar-refractivity contribution is -0.147. The minimum absolute atomic E-state index is 0.233. The molecular formula is C13H23N3O2S. The van der Waals surface area contributed by atoms with Crippen molar-refractivity contribution < 1.29 is 9.53 Å². The highest BCUT2D eigenvalue weighted by atomic mass is 32.2. The van der Waals surface area contributed by atoms with Gasteiger partial charge in [-0.25, -0.2) is 0 Å². The van der Waals surface area contributed by atoms with E-state index in [1.54, 1.807) is 18.8 Å². The van der Waals surface area contributed by atoms with Gasteiger partial charge in [0.05, 0.1) is 17.8 Å². The number of nitrogens with zero attached hydrogens (tertiary/aromatic N) is 2. The first kappa shape index (κ1) is 16.0. The summed E-state index contributed by atoms with van der Waals surface area (Å²) in [5, 5.41) is 8.75. The Balaban J connectivity index is 2.71. The predicted molar refractivity (Wildman–Crippen MR) is 77.4 cm³/mol. The topological polar surface area (TPSA) is 56.2 Å². The van der Waals surface area contributed by atoms with Crippen LogP contribution in [-0.4, -0.2) is 40.7 Å². The second-order valence-electron chi connectivity index (χ2n) is 4.95. The van der Waals surface area contributed by atoms with Crippen molar-refractivity contribution in [3.63, 3.8) is 0 Å². The summed E-state index contributed by atoms with van der Waals surface area (Å²) in [5.74, 6) is -0.233. The number of methoxy groups -OCH3 is 1. The summed E-state index contributed by atoms with van der Waals surface area (Å²) in [5.41, 5.74) is 0.343. The van der Waals surface area contributed by atoms with E-state index in [2.05, 4.69) is 23.4 Å². The molecule has 2 atom stereocenters. The molecule has 1 aromatic heterocycles. The molecule has 2 unspecified atom stereocenters. The van der Waals surface area contributed by atoms with E-state index in [0.717, 1.165) is 10.7 Å². The molecule has 0 spiro atoms. The SMILES string of the molecule is CNC(C)(CC(C)Sc1cc(C)nn1C)C(=O)OC. The fourth-order valence-corrected chi connectivity index (χ4v) is 3.29. The lowest BCUT2D eigenvalue weighted by atomic mass is 9.96. The summed E-state index contributed by atoms with van der Waals surface area (Å²) in [7, 11) is 5.13. The lowest BCUT2D eigenvalue weighted by Gasteiger charge is -2.28. The zero-order valence-corrected chi connectivity index (χ0v) is 13.3. The molecular weight excluding hydrogens is 262 g/mol. The van der Waals surface area contributed by atoms with Gasteiger partial charge in [0.25, 0.3) is 0 Å². The molecule has 0 aromatic carbocycles. The van der Waals surface area contributed by atoms with Gasteiger partial charge in [-0.1, -0.05) is 6.92 Å². The standard InChI is InChI=1S/C13H23N3O2S/c1-9-7-11(16(5)15-9)19-10(2)8-13(3,14-4)12(17)18-6/h7,10,14H,8H2,1-6H3. The van der Waals surface area contributed by atoms with E-state index in [4.69, 9.17) is 4.74 Å². The zero-order chi connectivity index (χ0) is 14.6. The molecule has 0 aliphatic carbocycles. The van der Waals surface area contributed by atoms with Crippen molar-refractivity contribution in [1.29, 1.82) is 0 Å². The highest BCUT2D eigenvalue weighted by Crippen LogP contribution is 2.29. The van der Waals surface area contributed by atoms with Crippen LogP contribution >= 0.6 is 11.8 Å². The number of thioether (sulfide) groups is 1. The van der Waals surface area contributed by atoms with Crippen LogP contribution in [0.5, 0.6) is 0 Å². The van der Waals surface area contributed by atoms with E-state index in [0.29, 0.717) is 6.42 Å². The van der Waals surface area contributed by atoms with Crippen molar-refractivity contribution in [3.8, 4) is 0 Å². The third-order valence-corrected chi connectivity index (χ3v) is 4.36. The molecule has 0 aliphatic rings. The van der Waals surface area contributed by atoms with Crippen LogP contribution in [0.1, 0.15) is 26.0 Å². The molecule has 1 rings (SSSR count). The number of likely N-dealkylation sites (N-methyl/N-ethyl adjacent to an activating group) is 1. The van der Waals surface area contributed by atoms with E-state index in [9.17, 15) is 4.79 Å². The molecule has 0 amide bonds. The fourth-order valence-electron chi connectivity index (χ4n) is 2.03. The van der Waals surface area contributed by atoms with Gasteiger partial charge in [0, 0.05) is 12.3 Å². The monoisotopic (exact) mass is 285 g/mol. The molecule has 19 heavy (non-hydrogen) atoms. The van der Waals surface area contributed by atoms with Gasteiger partial charge in [0.2, 0.25) is 0 Å². The summed E-state index contributed by atoms with van der Waals surface area (Å²) in [4.78, 5) is 11.8. The van der Waals surface area contributed by atoms with Crippen molar-refractivity contribution in [2.45, 2.75) is 43.0 Å². The van der Waals surface area contributed by atoms with Gasteiger partial charge in [-0.15, -0.1) is 11.8 Å². The molecule has 1 aromatic rings. The Labute approximate surface area is 119 Å². The summed E-state index contributed by atoms with van der Waals surface area (Å²) in [6, 6.07) is 2.05. The number of hydrogen-bond donors (Lipinski definition) is 1. The molecule has 0 radical (unpaired) electrons. The third kappa shape index (κ3) is 3.98. The Morgan fingerprint density at radius 1 is 1.68 bits per heavy atom. The highest BCUT2D eigenvalue weighted by molar-refractivity contribution is 7.99. The van der Waals surface area contributed by atoms with E-state index in [1.807, 2.05) is 25.6 Å². The van der Waals surface area contributed by atoms with Crippen LogP contribution in [0.15, 0.2) is 11.1 Å². The van der Waals surface area contributed by atoms with Crippen LogP contribution in [-0.2, 0) is 16.6 Å². The Hall–Kier alpha value is -1.01. The molecule has 1 N–H and O–H groups in total. The van der Waals surface area contributed by atoms with Crippen molar-refractivity contribution in [1.82, 2.24) is 15.1 Å². The first-order valence-corrected chi connectivity index (χ1v) is 7.15. The van der Waals surface area contributed by atoms with Crippen LogP contribution in [0, 0.1) is 6.92 Å². The van der Waals surface area contributed by atoms with E-state index in [1.165, 1.54) is 7.11 Å². The Morgan fingerprint density at radius 3 is 2.74 bits per heavy atom. The highest BCUT2D eigenvalue weighted by Gasteiger charge is 2.34. The number of carbonyl (C=O) groups excluding carboxylic acids is 1. The summed E-state index contributed by atoms with van der Waals surface area (Å²) < 4.78 is 6.72. The molecule has 0 bridgehead atoms. The van der Waals surface area contributed by atoms with Gasteiger partial charge >= 0.3 is 5.97 Å². The summed E-state index contributed by atoms with van der Waals surface area (Å²) in [6.45, 7) is 5.94. The number of esters is 1. The average molecular weight is 285 g/mol. The molecule has 0 fully saturated rings. The van der Waals surface area contributed by atoms with Crippen LogP contribution < -0.4 is 5.32 Å². The normalized spacial score (nSPS) is 15.9. The minimum atomic E-state index is -0.658. The van der Waals surface area contributed by atoms with Crippen molar-refractivity contribution >= 4 is 17.7 Å². The van der Waals surface area contributed by atoms with Crippen LogP contribution in [0.3, 0.4) is 0 Å². The first-order chi connectivity index (χ1) is 8.82. The molecule has 5 nitrogen and oxygen atoms in total. The zero-order valence-electron chi connectivity index (χ0n) is 12.5. The number of hydrogen-bond acceptors (Lipinski definition) is 5. The first-order valence-electron chi connectivity index (χ1n) is 6.27. The minimum Gasteiger partial charge on any atom is -0.468 e. The van der Waals surface area contributed by atoms with Crippen molar-refractivity contribution in [3.05, 3.63) is 11.8 Å². The third-order valence-electron chi connectivity index (χ3n) is 3.16.